The molecule has 1 heterocycles. The molecule has 0 spiro atoms. The first-order chi connectivity index (χ1) is 6.48. The van der Waals surface area contributed by atoms with E-state index in [2.05, 4.69) is 15.2 Å². The molecule has 1 aromatic rings. The number of ether oxygens (including phenoxy) is 1. The van der Waals surface area contributed by atoms with Gasteiger partial charge in [0, 0.05) is 0 Å². The molecule has 0 aliphatic heterocycles. The summed E-state index contributed by atoms with van der Waals surface area (Å²) in [6.45, 7) is 5.49. The fraction of sp³-hybridized carbons (Fsp3) is 0.625. The largest absolute Gasteiger partial charge is 0.465 e. The van der Waals surface area contributed by atoms with E-state index in [0.717, 1.165) is 0 Å². The van der Waals surface area contributed by atoms with E-state index in [1.165, 1.54) is 0 Å². The van der Waals surface area contributed by atoms with E-state index in [-0.39, 0.29) is 11.9 Å². The fourth-order valence-corrected chi connectivity index (χ4v) is 0.962. The fourth-order valence-electron chi connectivity index (χ4n) is 0.962. The number of H-pyrrole nitrogens is 1. The molecule has 0 saturated carbocycles. The van der Waals surface area contributed by atoms with Crippen LogP contribution < -0.4 is 5.73 Å². The molecule has 6 heteroatoms. The Hall–Kier alpha value is -1.59. The van der Waals surface area contributed by atoms with E-state index in [1.807, 2.05) is 0 Å². The summed E-state index contributed by atoms with van der Waals surface area (Å²) in [6.07, 6.45) is 0. The molecule has 0 unspecified atom stereocenters. The molecule has 1 rings (SSSR count). The summed E-state index contributed by atoms with van der Waals surface area (Å²) in [4.78, 5) is 15.4. The van der Waals surface area contributed by atoms with E-state index < -0.39 is 5.41 Å². The molecule has 0 fully saturated rings. The Balaban J connectivity index is 2.89. The Morgan fingerprint density at radius 3 is 2.71 bits per heavy atom. The van der Waals surface area contributed by atoms with Gasteiger partial charge in [-0.25, -0.2) is 0 Å². The molecule has 0 bridgehead atoms. The first-order valence-corrected chi connectivity index (χ1v) is 4.34. The number of aromatic nitrogens is 3. The number of hydrogen-bond donors (Lipinski definition) is 2. The van der Waals surface area contributed by atoms with Crippen LogP contribution in [0.4, 0.5) is 5.95 Å². The van der Waals surface area contributed by atoms with Gasteiger partial charge < -0.3 is 10.5 Å². The lowest BCUT2D eigenvalue weighted by atomic mass is 9.93. The first kappa shape index (κ1) is 10.5. The molecule has 0 aromatic carbocycles. The Bertz CT molecular complexity index is 332. The van der Waals surface area contributed by atoms with Gasteiger partial charge in [0.2, 0.25) is 5.95 Å². The Labute approximate surface area is 81.9 Å². The van der Waals surface area contributed by atoms with Crippen LogP contribution in [0.2, 0.25) is 0 Å². The highest BCUT2D eigenvalue weighted by atomic mass is 16.5. The third kappa shape index (κ3) is 1.84. The van der Waals surface area contributed by atoms with E-state index in [4.69, 9.17) is 10.5 Å². The number of anilines is 1. The van der Waals surface area contributed by atoms with Gasteiger partial charge in [0.05, 0.1) is 6.61 Å². The number of carbonyl (C=O) groups excluding carboxylic acids is 1. The van der Waals surface area contributed by atoms with Crippen LogP contribution in [0.1, 0.15) is 26.6 Å². The van der Waals surface area contributed by atoms with Crippen LogP contribution in [-0.2, 0) is 14.9 Å². The molecule has 3 N–H and O–H groups in total. The third-order valence-electron chi connectivity index (χ3n) is 1.88. The standard InChI is InChI=1S/C8H14N4O2/c1-4-14-6(13)8(2,3)5-10-7(9)12-11-5/h4H2,1-3H3,(H3,9,10,11,12). The maximum atomic E-state index is 11.5. The SMILES string of the molecule is CCOC(=O)C(C)(C)c1nc(N)n[nH]1. The number of rotatable bonds is 3. The number of nitrogen functional groups attached to an aromatic ring is 1. The molecule has 78 valence electrons. The van der Waals surface area contributed by atoms with E-state index in [0.29, 0.717) is 12.4 Å². The highest BCUT2D eigenvalue weighted by Crippen LogP contribution is 2.21. The molecular formula is C8H14N4O2. The minimum atomic E-state index is -0.847. The number of nitrogens with zero attached hydrogens (tertiary/aromatic N) is 2. The van der Waals surface area contributed by atoms with Gasteiger partial charge in [-0.1, -0.05) is 0 Å². The summed E-state index contributed by atoms with van der Waals surface area (Å²) in [7, 11) is 0. The summed E-state index contributed by atoms with van der Waals surface area (Å²) in [5.74, 6) is 0.182. The Kier molecular flexibility index (Phi) is 2.73. The smallest absolute Gasteiger partial charge is 0.319 e. The van der Waals surface area contributed by atoms with Gasteiger partial charge in [0.1, 0.15) is 11.2 Å². The van der Waals surface area contributed by atoms with Crippen molar-refractivity contribution in [3.8, 4) is 0 Å². The van der Waals surface area contributed by atoms with Gasteiger partial charge in [-0.2, -0.15) is 4.98 Å². The van der Waals surface area contributed by atoms with Crippen LogP contribution in [-0.4, -0.2) is 27.8 Å². The van der Waals surface area contributed by atoms with Crippen LogP contribution in [0.25, 0.3) is 0 Å². The number of carbonyl (C=O) groups is 1. The predicted molar refractivity (Wildman–Crippen MR) is 50.5 cm³/mol. The minimum Gasteiger partial charge on any atom is -0.465 e. The summed E-state index contributed by atoms with van der Waals surface area (Å²) in [5, 5.41) is 6.26. The lowest BCUT2D eigenvalue weighted by Gasteiger charge is -2.18. The van der Waals surface area contributed by atoms with Crippen molar-refractivity contribution in [1.29, 1.82) is 0 Å². The van der Waals surface area contributed by atoms with E-state index in [9.17, 15) is 4.79 Å². The zero-order valence-electron chi connectivity index (χ0n) is 8.50. The van der Waals surface area contributed by atoms with Gasteiger partial charge in [-0.05, 0) is 20.8 Å². The number of hydrogen-bond acceptors (Lipinski definition) is 5. The molecule has 0 atom stereocenters. The van der Waals surface area contributed by atoms with Crippen molar-refractivity contribution < 1.29 is 9.53 Å². The summed E-state index contributed by atoms with van der Waals surface area (Å²) in [6, 6.07) is 0. The second-order valence-corrected chi connectivity index (χ2v) is 3.39. The normalized spacial score (nSPS) is 11.4. The Morgan fingerprint density at radius 1 is 1.64 bits per heavy atom. The van der Waals surface area contributed by atoms with Crippen molar-refractivity contribution in [3.63, 3.8) is 0 Å². The van der Waals surface area contributed by atoms with E-state index >= 15 is 0 Å². The maximum absolute atomic E-state index is 11.5. The molecule has 1 aromatic heterocycles. The predicted octanol–water partition coefficient (Wildman–Crippen LogP) is 0.228. The second-order valence-electron chi connectivity index (χ2n) is 3.39. The van der Waals surface area contributed by atoms with Gasteiger partial charge in [0.25, 0.3) is 0 Å². The van der Waals surface area contributed by atoms with Gasteiger partial charge in [-0.15, -0.1) is 5.10 Å². The lowest BCUT2D eigenvalue weighted by Crippen LogP contribution is -2.32. The Morgan fingerprint density at radius 2 is 2.29 bits per heavy atom. The van der Waals surface area contributed by atoms with Crippen LogP contribution in [0.15, 0.2) is 0 Å². The van der Waals surface area contributed by atoms with Gasteiger partial charge >= 0.3 is 5.97 Å². The van der Waals surface area contributed by atoms with Crippen LogP contribution in [0.3, 0.4) is 0 Å². The number of aromatic amines is 1. The lowest BCUT2D eigenvalue weighted by molar-refractivity contribution is -0.149. The number of nitrogens with two attached hydrogens (primary N) is 1. The number of nitrogens with one attached hydrogen (secondary N) is 1. The van der Waals surface area contributed by atoms with Crippen molar-refractivity contribution in [2.75, 3.05) is 12.3 Å². The highest BCUT2D eigenvalue weighted by molar-refractivity contribution is 5.81. The van der Waals surface area contributed by atoms with Crippen LogP contribution in [0.5, 0.6) is 0 Å². The molecule has 6 nitrogen and oxygen atoms in total. The topological polar surface area (TPSA) is 93.9 Å². The quantitative estimate of drug-likeness (QED) is 0.678. The highest BCUT2D eigenvalue weighted by Gasteiger charge is 2.34. The molecule has 0 amide bonds. The molecular weight excluding hydrogens is 184 g/mol. The average molecular weight is 198 g/mol. The van der Waals surface area contributed by atoms with Gasteiger partial charge in [0.15, 0.2) is 0 Å². The van der Waals surface area contributed by atoms with Gasteiger partial charge in [-0.3, -0.25) is 9.89 Å². The summed E-state index contributed by atoms with van der Waals surface area (Å²) >= 11 is 0. The van der Waals surface area contributed by atoms with Crippen molar-refractivity contribution in [2.24, 2.45) is 0 Å². The third-order valence-corrected chi connectivity index (χ3v) is 1.88. The minimum absolute atomic E-state index is 0.123. The van der Waals surface area contributed by atoms with E-state index in [1.54, 1.807) is 20.8 Å². The molecule has 14 heavy (non-hydrogen) atoms. The average Bonchev–Trinajstić information content (AvgIpc) is 2.52. The van der Waals surface area contributed by atoms with Crippen molar-refractivity contribution in [3.05, 3.63) is 5.82 Å². The zero-order valence-corrected chi connectivity index (χ0v) is 8.50. The molecule has 0 radical (unpaired) electrons. The molecule has 0 saturated heterocycles. The maximum Gasteiger partial charge on any atom is 0.319 e. The second kappa shape index (κ2) is 3.65. The van der Waals surface area contributed by atoms with Crippen molar-refractivity contribution >= 4 is 11.9 Å². The molecule has 0 aliphatic carbocycles. The summed E-state index contributed by atoms with van der Waals surface area (Å²) in [5.41, 5.74) is 4.50. The van der Waals surface area contributed by atoms with Crippen molar-refractivity contribution in [1.82, 2.24) is 15.2 Å². The first-order valence-electron chi connectivity index (χ1n) is 4.34. The monoisotopic (exact) mass is 198 g/mol. The molecule has 0 aliphatic rings. The van der Waals surface area contributed by atoms with Crippen LogP contribution in [0, 0.1) is 0 Å². The number of esters is 1. The zero-order chi connectivity index (χ0) is 10.8. The van der Waals surface area contributed by atoms with Crippen molar-refractivity contribution in [2.45, 2.75) is 26.2 Å². The summed E-state index contributed by atoms with van der Waals surface area (Å²) < 4.78 is 4.90. The van der Waals surface area contributed by atoms with Crippen LogP contribution >= 0.6 is 0 Å².